The van der Waals surface area contributed by atoms with E-state index in [4.69, 9.17) is 5.21 Å². The standard InChI is InChI=1S/C12H17F3N4O3S/c1-5(2)7(17-6(20)4-16-3)11-18-9(12(13,14)15)8(23-11)10(21)19-22/h5,7,16,22H,4H2,1-3H3,(H,17,20)(H,19,21). The SMILES string of the molecule is CNCC(=O)NC(c1nc(C(F)(F)F)c(C(=O)NO)s1)C(C)C. The molecule has 0 radical (unpaired) electrons. The number of halogens is 3. The number of alkyl halides is 3. The van der Waals surface area contributed by atoms with Crippen molar-refractivity contribution in [1.82, 2.24) is 21.1 Å². The summed E-state index contributed by atoms with van der Waals surface area (Å²) in [7, 11) is 1.55. The Morgan fingerprint density at radius 1 is 1.35 bits per heavy atom. The first-order valence-electron chi connectivity index (χ1n) is 6.58. The van der Waals surface area contributed by atoms with Crippen molar-refractivity contribution in [2.75, 3.05) is 13.6 Å². The fraction of sp³-hybridized carbons (Fsp3) is 0.583. The average Bonchev–Trinajstić information content (AvgIpc) is 2.88. The predicted molar refractivity (Wildman–Crippen MR) is 76.0 cm³/mol. The molecule has 7 nitrogen and oxygen atoms in total. The Hall–Kier alpha value is -1.72. The zero-order chi connectivity index (χ0) is 17.8. The van der Waals surface area contributed by atoms with Crippen molar-refractivity contribution in [3.05, 3.63) is 15.6 Å². The van der Waals surface area contributed by atoms with Gasteiger partial charge in [-0.15, -0.1) is 11.3 Å². The second-order valence-electron chi connectivity index (χ2n) is 4.99. The van der Waals surface area contributed by atoms with Crippen molar-refractivity contribution >= 4 is 23.2 Å². The summed E-state index contributed by atoms with van der Waals surface area (Å²) in [4.78, 5) is 25.8. The normalized spacial score (nSPS) is 13.0. The summed E-state index contributed by atoms with van der Waals surface area (Å²) in [6.07, 6.45) is -4.85. The van der Waals surface area contributed by atoms with Gasteiger partial charge in [-0.25, -0.2) is 10.5 Å². The maximum Gasteiger partial charge on any atom is 0.435 e. The predicted octanol–water partition coefficient (Wildman–Crippen LogP) is 1.31. The fourth-order valence-electron chi connectivity index (χ4n) is 1.77. The Labute approximate surface area is 134 Å². The van der Waals surface area contributed by atoms with E-state index in [1.54, 1.807) is 20.9 Å². The largest absolute Gasteiger partial charge is 0.435 e. The molecule has 0 bridgehead atoms. The number of rotatable bonds is 6. The van der Waals surface area contributed by atoms with Gasteiger partial charge in [0, 0.05) is 0 Å². The molecule has 0 saturated heterocycles. The van der Waals surface area contributed by atoms with E-state index in [9.17, 15) is 22.8 Å². The van der Waals surface area contributed by atoms with Crippen LogP contribution in [0.2, 0.25) is 0 Å². The highest BCUT2D eigenvalue weighted by Gasteiger charge is 2.40. The van der Waals surface area contributed by atoms with Crippen molar-refractivity contribution < 1.29 is 28.0 Å². The first-order chi connectivity index (χ1) is 10.6. The van der Waals surface area contributed by atoms with E-state index in [0.717, 1.165) is 0 Å². The number of carbonyl (C=O) groups is 2. The quantitative estimate of drug-likeness (QED) is 0.456. The van der Waals surface area contributed by atoms with Crippen LogP contribution >= 0.6 is 11.3 Å². The molecular weight excluding hydrogens is 337 g/mol. The lowest BCUT2D eigenvalue weighted by Crippen LogP contribution is -2.37. The third kappa shape index (κ3) is 4.88. The van der Waals surface area contributed by atoms with Gasteiger partial charge < -0.3 is 10.6 Å². The van der Waals surface area contributed by atoms with Crippen LogP contribution in [0, 0.1) is 5.92 Å². The highest BCUT2D eigenvalue weighted by atomic mass is 32.1. The van der Waals surface area contributed by atoms with E-state index >= 15 is 0 Å². The van der Waals surface area contributed by atoms with Crippen molar-refractivity contribution in [3.63, 3.8) is 0 Å². The number of likely N-dealkylation sites (N-methyl/N-ethyl adjacent to an activating group) is 1. The maximum absolute atomic E-state index is 13.0. The van der Waals surface area contributed by atoms with E-state index in [2.05, 4.69) is 15.6 Å². The van der Waals surface area contributed by atoms with Gasteiger partial charge in [0.25, 0.3) is 5.91 Å². The molecule has 1 aromatic rings. The van der Waals surface area contributed by atoms with Crippen molar-refractivity contribution in [2.45, 2.75) is 26.1 Å². The highest BCUT2D eigenvalue weighted by Crippen LogP contribution is 2.37. The van der Waals surface area contributed by atoms with Gasteiger partial charge in [0.1, 0.15) is 9.88 Å². The molecule has 23 heavy (non-hydrogen) atoms. The van der Waals surface area contributed by atoms with Crippen molar-refractivity contribution in [1.29, 1.82) is 0 Å². The number of hydrogen-bond donors (Lipinski definition) is 4. The Bertz CT molecular complexity index is 574. The van der Waals surface area contributed by atoms with Crippen LogP contribution in [0.3, 0.4) is 0 Å². The average molecular weight is 354 g/mol. The number of hydroxylamine groups is 1. The molecule has 11 heteroatoms. The van der Waals surface area contributed by atoms with E-state index in [-0.39, 0.29) is 17.5 Å². The van der Waals surface area contributed by atoms with Crippen LogP contribution in [-0.2, 0) is 11.0 Å². The van der Waals surface area contributed by atoms with Crippen molar-refractivity contribution in [3.8, 4) is 0 Å². The zero-order valence-electron chi connectivity index (χ0n) is 12.6. The monoisotopic (exact) mass is 354 g/mol. The van der Waals surface area contributed by atoms with Crippen LogP contribution in [0.1, 0.15) is 40.3 Å². The minimum absolute atomic E-state index is 0.00922. The van der Waals surface area contributed by atoms with Gasteiger partial charge in [-0.2, -0.15) is 13.2 Å². The molecule has 1 heterocycles. The molecule has 0 aliphatic rings. The van der Waals surface area contributed by atoms with E-state index in [1.165, 1.54) is 5.48 Å². The Kier molecular flexibility index (Phi) is 6.47. The van der Waals surface area contributed by atoms with Gasteiger partial charge in [0.15, 0.2) is 5.69 Å². The van der Waals surface area contributed by atoms with E-state index < -0.39 is 34.6 Å². The molecule has 0 saturated carbocycles. The number of nitrogens with one attached hydrogen (secondary N) is 3. The molecule has 1 atom stereocenters. The number of carbonyl (C=O) groups excluding carboxylic acids is 2. The molecule has 1 aromatic heterocycles. The van der Waals surface area contributed by atoms with Crippen LogP contribution in [0.15, 0.2) is 0 Å². The summed E-state index contributed by atoms with van der Waals surface area (Å²) in [5.41, 5.74) is -0.221. The Morgan fingerprint density at radius 3 is 2.39 bits per heavy atom. The lowest BCUT2D eigenvalue weighted by Gasteiger charge is -2.20. The lowest BCUT2D eigenvalue weighted by molar-refractivity contribution is -0.141. The number of amides is 2. The smallest absolute Gasteiger partial charge is 0.345 e. The van der Waals surface area contributed by atoms with Gasteiger partial charge in [0.05, 0.1) is 12.6 Å². The molecule has 1 rings (SSSR count). The second-order valence-corrected chi connectivity index (χ2v) is 6.02. The van der Waals surface area contributed by atoms with Crippen LogP contribution in [0.25, 0.3) is 0 Å². The summed E-state index contributed by atoms with van der Waals surface area (Å²) in [6.45, 7) is 3.39. The number of hydrogen-bond acceptors (Lipinski definition) is 6. The molecule has 0 aliphatic carbocycles. The van der Waals surface area contributed by atoms with Gasteiger partial charge in [-0.1, -0.05) is 13.8 Å². The van der Waals surface area contributed by atoms with Gasteiger partial charge in [-0.3, -0.25) is 14.8 Å². The molecule has 130 valence electrons. The second kappa shape index (κ2) is 7.70. The number of thiazole rings is 1. The molecule has 0 spiro atoms. The Balaban J connectivity index is 3.25. The summed E-state index contributed by atoms with van der Waals surface area (Å²) >= 11 is 0.477. The third-order valence-corrected chi connectivity index (χ3v) is 3.94. The minimum atomic E-state index is -4.85. The molecule has 0 fully saturated rings. The molecule has 0 aliphatic heterocycles. The first-order valence-corrected chi connectivity index (χ1v) is 7.39. The van der Waals surface area contributed by atoms with E-state index in [1.807, 2.05) is 0 Å². The fourth-order valence-corrected chi connectivity index (χ4v) is 2.97. The number of nitrogens with zero attached hydrogens (tertiary/aromatic N) is 1. The van der Waals surface area contributed by atoms with Crippen molar-refractivity contribution in [2.24, 2.45) is 5.92 Å². The minimum Gasteiger partial charge on any atom is -0.345 e. The molecule has 1 unspecified atom stereocenters. The third-order valence-electron chi connectivity index (χ3n) is 2.81. The topological polar surface area (TPSA) is 103 Å². The molecule has 0 aromatic carbocycles. The summed E-state index contributed by atoms with van der Waals surface area (Å²) < 4.78 is 39.0. The summed E-state index contributed by atoms with van der Waals surface area (Å²) in [5.74, 6) is -1.97. The zero-order valence-corrected chi connectivity index (χ0v) is 13.4. The molecule has 2 amide bonds. The molecular formula is C12H17F3N4O3S. The van der Waals surface area contributed by atoms with Crippen LogP contribution in [-0.4, -0.2) is 35.6 Å². The van der Waals surface area contributed by atoms with Gasteiger partial charge >= 0.3 is 6.18 Å². The summed E-state index contributed by atoms with van der Waals surface area (Å²) in [6, 6.07) is -0.790. The lowest BCUT2D eigenvalue weighted by atomic mass is 10.1. The van der Waals surface area contributed by atoms with E-state index in [0.29, 0.717) is 11.3 Å². The van der Waals surface area contributed by atoms with Gasteiger partial charge in [-0.05, 0) is 13.0 Å². The summed E-state index contributed by atoms with van der Waals surface area (Å²) in [5, 5.41) is 13.7. The van der Waals surface area contributed by atoms with Gasteiger partial charge in [0.2, 0.25) is 5.91 Å². The molecule has 4 N–H and O–H groups in total. The Morgan fingerprint density at radius 2 is 1.96 bits per heavy atom. The van der Waals surface area contributed by atoms with Crippen LogP contribution < -0.4 is 16.1 Å². The maximum atomic E-state index is 13.0. The first kappa shape index (κ1) is 19.3. The number of aromatic nitrogens is 1. The van der Waals surface area contributed by atoms with Crippen LogP contribution in [0.5, 0.6) is 0 Å². The van der Waals surface area contributed by atoms with Crippen LogP contribution in [0.4, 0.5) is 13.2 Å². The highest BCUT2D eigenvalue weighted by molar-refractivity contribution is 7.13.